The number of amides is 1. The first-order valence-corrected chi connectivity index (χ1v) is 5.90. The molecule has 2 heterocycles. The smallest absolute Gasteiger partial charge is 0.227 e. The van der Waals surface area contributed by atoms with E-state index in [9.17, 15) is 4.79 Å². The van der Waals surface area contributed by atoms with E-state index in [1.165, 1.54) is 0 Å². The summed E-state index contributed by atoms with van der Waals surface area (Å²) in [5, 5.41) is 10.8. The molecule has 0 aliphatic rings. The maximum atomic E-state index is 11.6. The van der Waals surface area contributed by atoms with E-state index in [2.05, 4.69) is 31.4 Å². The number of aryl methyl sites for hydroxylation is 2. The topological polar surface area (TPSA) is 64.7 Å². The Kier molecular flexibility index (Phi) is 3.58. The summed E-state index contributed by atoms with van der Waals surface area (Å²) < 4.78 is 4.25. The highest BCUT2D eigenvalue weighted by atomic mass is 79.9. The van der Waals surface area contributed by atoms with Gasteiger partial charge in [0.15, 0.2) is 5.82 Å². The SMILES string of the molecule is Cn1ccc(NC(=O)CCn2cc(Br)cn2)n1. The van der Waals surface area contributed by atoms with Gasteiger partial charge in [-0.3, -0.25) is 14.2 Å². The van der Waals surface area contributed by atoms with Crippen molar-refractivity contribution in [1.29, 1.82) is 0 Å². The Bertz CT molecular complexity index is 518. The van der Waals surface area contributed by atoms with Gasteiger partial charge in [-0.25, -0.2) is 0 Å². The summed E-state index contributed by atoms with van der Waals surface area (Å²) in [6, 6.07) is 1.75. The minimum atomic E-state index is -0.0738. The third kappa shape index (κ3) is 3.42. The second-order valence-corrected chi connectivity index (χ2v) is 4.51. The van der Waals surface area contributed by atoms with Crippen molar-refractivity contribution < 1.29 is 4.79 Å². The van der Waals surface area contributed by atoms with Crippen molar-refractivity contribution in [3.05, 3.63) is 29.1 Å². The van der Waals surface area contributed by atoms with E-state index >= 15 is 0 Å². The fourth-order valence-electron chi connectivity index (χ4n) is 1.36. The Morgan fingerprint density at radius 2 is 2.41 bits per heavy atom. The molecule has 2 aromatic heterocycles. The van der Waals surface area contributed by atoms with Gasteiger partial charge >= 0.3 is 0 Å². The van der Waals surface area contributed by atoms with Crippen LogP contribution < -0.4 is 5.32 Å². The molecule has 6 nitrogen and oxygen atoms in total. The summed E-state index contributed by atoms with van der Waals surface area (Å²) in [6.07, 6.45) is 5.66. The lowest BCUT2D eigenvalue weighted by Crippen LogP contribution is -2.15. The summed E-state index contributed by atoms with van der Waals surface area (Å²) in [4.78, 5) is 11.6. The van der Waals surface area contributed by atoms with Gasteiger partial charge in [0.1, 0.15) is 0 Å². The lowest BCUT2D eigenvalue weighted by Gasteiger charge is -2.02. The molecule has 17 heavy (non-hydrogen) atoms. The zero-order chi connectivity index (χ0) is 12.3. The molecule has 7 heteroatoms. The fourth-order valence-corrected chi connectivity index (χ4v) is 1.69. The number of nitrogens with zero attached hydrogens (tertiary/aromatic N) is 4. The zero-order valence-electron chi connectivity index (χ0n) is 9.30. The van der Waals surface area contributed by atoms with E-state index in [4.69, 9.17) is 0 Å². The first-order chi connectivity index (χ1) is 8.13. The van der Waals surface area contributed by atoms with Crippen LogP contribution in [0.4, 0.5) is 5.82 Å². The van der Waals surface area contributed by atoms with E-state index in [1.807, 2.05) is 6.20 Å². The van der Waals surface area contributed by atoms with Gasteiger partial charge < -0.3 is 5.32 Å². The molecule has 0 saturated carbocycles. The van der Waals surface area contributed by atoms with Crippen molar-refractivity contribution in [3.63, 3.8) is 0 Å². The molecular formula is C10H12BrN5O. The highest BCUT2D eigenvalue weighted by Gasteiger charge is 2.05. The highest BCUT2D eigenvalue weighted by Crippen LogP contribution is 2.07. The van der Waals surface area contributed by atoms with Crippen LogP contribution >= 0.6 is 15.9 Å². The van der Waals surface area contributed by atoms with Crippen LogP contribution in [0.1, 0.15) is 6.42 Å². The number of aromatic nitrogens is 4. The second-order valence-electron chi connectivity index (χ2n) is 3.59. The average molecular weight is 298 g/mol. The maximum Gasteiger partial charge on any atom is 0.227 e. The summed E-state index contributed by atoms with van der Waals surface area (Å²) in [5.74, 6) is 0.495. The first-order valence-electron chi connectivity index (χ1n) is 5.11. The molecule has 0 bridgehead atoms. The molecule has 0 fully saturated rings. The molecule has 0 aromatic carbocycles. The van der Waals surface area contributed by atoms with Crippen molar-refractivity contribution in [3.8, 4) is 0 Å². The Balaban J connectivity index is 1.82. The molecule has 0 aliphatic heterocycles. The predicted octanol–water partition coefficient (Wildman–Crippen LogP) is 1.41. The van der Waals surface area contributed by atoms with E-state index in [1.54, 1.807) is 34.9 Å². The number of rotatable bonds is 4. The van der Waals surface area contributed by atoms with Crippen LogP contribution in [-0.2, 0) is 18.4 Å². The molecule has 0 atom stereocenters. The highest BCUT2D eigenvalue weighted by molar-refractivity contribution is 9.10. The summed E-state index contributed by atoms with van der Waals surface area (Å²) in [6.45, 7) is 0.546. The quantitative estimate of drug-likeness (QED) is 0.928. The van der Waals surface area contributed by atoms with Gasteiger partial charge in [-0.1, -0.05) is 0 Å². The minimum Gasteiger partial charge on any atom is -0.309 e. The molecule has 90 valence electrons. The molecule has 0 unspecified atom stereocenters. The summed E-state index contributed by atoms with van der Waals surface area (Å²) >= 11 is 3.30. The Morgan fingerprint density at radius 1 is 1.59 bits per heavy atom. The molecule has 0 aliphatic carbocycles. The van der Waals surface area contributed by atoms with Crippen molar-refractivity contribution in [2.24, 2.45) is 7.05 Å². The van der Waals surface area contributed by atoms with Crippen LogP contribution in [0.5, 0.6) is 0 Å². The number of carbonyl (C=O) groups excluding carboxylic acids is 1. The van der Waals surface area contributed by atoms with Gasteiger partial charge in [0.05, 0.1) is 10.7 Å². The molecule has 0 spiro atoms. The normalized spacial score (nSPS) is 10.5. The van der Waals surface area contributed by atoms with Crippen LogP contribution in [-0.4, -0.2) is 25.5 Å². The Morgan fingerprint density at radius 3 is 3.00 bits per heavy atom. The van der Waals surface area contributed by atoms with Gasteiger partial charge in [0.25, 0.3) is 0 Å². The number of anilines is 1. The zero-order valence-corrected chi connectivity index (χ0v) is 10.9. The standard InChI is InChI=1S/C10H12BrN5O/c1-15-4-2-9(14-15)13-10(17)3-5-16-7-8(11)6-12-16/h2,4,6-7H,3,5H2,1H3,(H,13,14,17). The van der Waals surface area contributed by atoms with Crippen LogP contribution in [0.15, 0.2) is 29.1 Å². The monoisotopic (exact) mass is 297 g/mol. The predicted molar refractivity (Wildman–Crippen MR) is 66.4 cm³/mol. The molecule has 1 N–H and O–H groups in total. The van der Waals surface area contributed by atoms with Gasteiger partial charge in [0, 0.05) is 38.5 Å². The molecule has 2 rings (SSSR count). The fraction of sp³-hybridized carbons (Fsp3) is 0.300. The molecular weight excluding hydrogens is 286 g/mol. The van der Waals surface area contributed by atoms with Gasteiger partial charge in [-0.15, -0.1) is 0 Å². The van der Waals surface area contributed by atoms with Gasteiger partial charge in [-0.05, 0) is 15.9 Å². The van der Waals surface area contributed by atoms with Gasteiger partial charge in [-0.2, -0.15) is 10.2 Å². The number of hydrogen-bond donors (Lipinski definition) is 1. The van der Waals surface area contributed by atoms with Crippen LogP contribution in [0.2, 0.25) is 0 Å². The van der Waals surface area contributed by atoms with Gasteiger partial charge in [0.2, 0.25) is 5.91 Å². The minimum absolute atomic E-state index is 0.0738. The Labute approximate surface area is 107 Å². The summed E-state index contributed by atoms with van der Waals surface area (Å²) in [5.41, 5.74) is 0. The van der Waals surface area contributed by atoms with Crippen LogP contribution in [0.3, 0.4) is 0 Å². The van der Waals surface area contributed by atoms with E-state index in [-0.39, 0.29) is 5.91 Å². The van der Waals surface area contributed by atoms with Crippen LogP contribution in [0, 0.1) is 0 Å². The Hall–Kier alpha value is -1.63. The van der Waals surface area contributed by atoms with Crippen molar-refractivity contribution in [2.75, 3.05) is 5.32 Å². The average Bonchev–Trinajstić information content (AvgIpc) is 2.85. The third-order valence-electron chi connectivity index (χ3n) is 2.15. The molecule has 0 radical (unpaired) electrons. The molecule has 0 saturated heterocycles. The second kappa shape index (κ2) is 5.13. The van der Waals surface area contributed by atoms with Crippen molar-refractivity contribution in [2.45, 2.75) is 13.0 Å². The van der Waals surface area contributed by atoms with Crippen molar-refractivity contribution in [1.82, 2.24) is 19.6 Å². The lowest BCUT2D eigenvalue weighted by atomic mass is 10.4. The largest absolute Gasteiger partial charge is 0.309 e. The van der Waals surface area contributed by atoms with E-state index < -0.39 is 0 Å². The lowest BCUT2D eigenvalue weighted by molar-refractivity contribution is -0.116. The van der Waals surface area contributed by atoms with E-state index in [0.717, 1.165) is 4.47 Å². The molecule has 1 amide bonds. The molecule has 2 aromatic rings. The number of halogens is 1. The maximum absolute atomic E-state index is 11.6. The summed E-state index contributed by atoms with van der Waals surface area (Å²) in [7, 11) is 1.80. The van der Waals surface area contributed by atoms with E-state index in [0.29, 0.717) is 18.8 Å². The third-order valence-corrected chi connectivity index (χ3v) is 2.56. The van der Waals surface area contributed by atoms with Crippen LogP contribution in [0.25, 0.3) is 0 Å². The first kappa shape index (κ1) is 11.8. The van der Waals surface area contributed by atoms with Crippen molar-refractivity contribution >= 4 is 27.7 Å². The number of hydrogen-bond acceptors (Lipinski definition) is 3. The number of carbonyl (C=O) groups is 1. The number of nitrogens with one attached hydrogen (secondary N) is 1.